The molecule has 0 amide bonds. The number of Topliss-reactive ketones (excluding diaryl/α,β-unsaturated/α-hetero) is 1. The maximum Gasteiger partial charge on any atom is 0.194 e. The van der Waals surface area contributed by atoms with Crippen LogP contribution in [-0.2, 0) is 12.5 Å². The van der Waals surface area contributed by atoms with Gasteiger partial charge in [0, 0.05) is 31.2 Å². The lowest BCUT2D eigenvalue weighted by atomic mass is 9.73. The number of aromatic nitrogens is 3. The SMILES string of the molecule is Cn1cc(-c2ccncc2)c(C(=O)C2(c3ccc(F)cc3)CCCC2)n1. The maximum absolute atomic E-state index is 13.7. The number of carbonyl (C=O) groups is 1. The highest BCUT2D eigenvalue weighted by molar-refractivity contribution is 6.07. The van der Waals surface area contributed by atoms with Gasteiger partial charge in [-0.25, -0.2) is 4.39 Å². The lowest BCUT2D eigenvalue weighted by molar-refractivity contribution is 0.0880. The molecule has 0 unspecified atom stereocenters. The van der Waals surface area contributed by atoms with Gasteiger partial charge in [0.15, 0.2) is 5.78 Å². The van der Waals surface area contributed by atoms with E-state index >= 15 is 0 Å². The van der Waals surface area contributed by atoms with Crippen LogP contribution in [-0.4, -0.2) is 20.5 Å². The summed E-state index contributed by atoms with van der Waals surface area (Å²) in [5, 5.41) is 4.49. The van der Waals surface area contributed by atoms with Gasteiger partial charge in [0.1, 0.15) is 11.5 Å². The number of hydrogen-bond donors (Lipinski definition) is 0. The van der Waals surface area contributed by atoms with Crippen molar-refractivity contribution in [2.24, 2.45) is 7.05 Å². The molecule has 132 valence electrons. The number of halogens is 1. The van der Waals surface area contributed by atoms with Gasteiger partial charge in [0.05, 0.1) is 5.41 Å². The molecule has 3 aromatic rings. The van der Waals surface area contributed by atoms with E-state index in [0.717, 1.165) is 42.4 Å². The van der Waals surface area contributed by atoms with Gasteiger partial charge in [-0.1, -0.05) is 25.0 Å². The van der Waals surface area contributed by atoms with E-state index in [0.29, 0.717) is 5.69 Å². The third kappa shape index (κ3) is 2.73. The van der Waals surface area contributed by atoms with Crippen LogP contribution in [0.2, 0.25) is 0 Å². The average Bonchev–Trinajstić information content (AvgIpc) is 3.30. The molecule has 0 bridgehead atoms. The van der Waals surface area contributed by atoms with Crippen molar-refractivity contribution in [2.45, 2.75) is 31.1 Å². The number of nitrogens with zero attached hydrogens (tertiary/aromatic N) is 3. The summed E-state index contributed by atoms with van der Waals surface area (Å²) in [6.07, 6.45) is 8.80. The van der Waals surface area contributed by atoms with Crippen LogP contribution in [0.15, 0.2) is 55.0 Å². The second-order valence-corrected chi connectivity index (χ2v) is 6.93. The Morgan fingerprint density at radius 3 is 2.38 bits per heavy atom. The van der Waals surface area contributed by atoms with Gasteiger partial charge in [0.2, 0.25) is 0 Å². The van der Waals surface area contributed by atoms with E-state index in [4.69, 9.17) is 0 Å². The molecule has 0 radical (unpaired) electrons. The molecule has 0 aliphatic heterocycles. The zero-order chi connectivity index (χ0) is 18.1. The quantitative estimate of drug-likeness (QED) is 0.659. The highest BCUT2D eigenvalue weighted by Crippen LogP contribution is 2.44. The largest absolute Gasteiger partial charge is 0.291 e. The Bertz CT molecular complexity index is 926. The summed E-state index contributed by atoms with van der Waals surface area (Å²) in [5.41, 5.74) is 2.47. The van der Waals surface area contributed by atoms with E-state index in [1.807, 2.05) is 25.4 Å². The Balaban J connectivity index is 1.82. The summed E-state index contributed by atoms with van der Waals surface area (Å²) in [5.74, 6) is -0.265. The second-order valence-electron chi connectivity index (χ2n) is 6.93. The Labute approximate surface area is 151 Å². The number of benzene rings is 1. The number of aryl methyl sites for hydroxylation is 1. The monoisotopic (exact) mass is 349 g/mol. The minimum Gasteiger partial charge on any atom is -0.291 e. The van der Waals surface area contributed by atoms with Crippen LogP contribution in [0, 0.1) is 5.82 Å². The van der Waals surface area contributed by atoms with Crippen LogP contribution in [0.5, 0.6) is 0 Å². The first-order valence-corrected chi connectivity index (χ1v) is 8.85. The molecule has 0 atom stereocenters. The zero-order valence-corrected chi connectivity index (χ0v) is 14.7. The summed E-state index contributed by atoms with van der Waals surface area (Å²) in [7, 11) is 1.82. The fraction of sp³-hybridized carbons (Fsp3) is 0.286. The number of carbonyl (C=O) groups excluding carboxylic acids is 1. The van der Waals surface area contributed by atoms with Crippen LogP contribution in [0.3, 0.4) is 0 Å². The third-order valence-corrected chi connectivity index (χ3v) is 5.32. The summed E-state index contributed by atoms with van der Waals surface area (Å²) in [4.78, 5) is 17.7. The average molecular weight is 349 g/mol. The van der Waals surface area contributed by atoms with Gasteiger partial charge in [-0.3, -0.25) is 14.5 Å². The molecular weight excluding hydrogens is 329 g/mol. The fourth-order valence-corrected chi connectivity index (χ4v) is 4.02. The number of ketones is 1. The van der Waals surface area contributed by atoms with Crippen LogP contribution < -0.4 is 0 Å². The van der Waals surface area contributed by atoms with E-state index in [1.165, 1.54) is 12.1 Å². The van der Waals surface area contributed by atoms with Crippen molar-refractivity contribution >= 4 is 5.78 Å². The number of hydrogen-bond acceptors (Lipinski definition) is 3. The van der Waals surface area contributed by atoms with E-state index in [2.05, 4.69) is 10.1 Å². The van der Waals surface area contributed by atoms with Crippen molar-refractivity contribution in [2.75, 3.05) is 0 Å². The van der Waals surface area contributed by atoms with E-state index < -0.39 is 5.41 Å². The van der Waals surface area contributed by atoms with Gasteiger partial charge < -0.3 is 0 Å². The maximum atomic E-state index is 13.7. The third-order valence-electron chi connectivity index (χ3n) is 5.32. The van der Waals surface area contributed by atoms with E-state index in [-0.39, 0.29) is 11.6 Å². The van der Waals surface area contributed by atoms with Gasteiger partial charge >= 0.3 is 0 Å². The molecule has 1 aliphatic rings. The Kier molecular flexibility index (Phi) is 4.15. The number of rotatable bonds is 4. The standard InChI is InChI=1S/C21H20FN3O/c1-25-14-18(15-8-12-23-13-9-15)19(24-25)20(26)21(10-2-3-11-21)16-4-6-17(22)7-5-16/h4-9,12-14H,2-3,10-11H2,1H3. The lowest BCUT2D eigenvalue weighted by Gasteiger charge is -2.27. The Morgan fingerprint density at radius 2 is 1.73 bits per heavy atom. The first-order chi connectivity index (χ1) is 12.6. The first kappa shape index (κ1) is 16.6. The first-order valence-electron chi connectivity index (χ1n) is 8.85. The van der Waals surface area contributed by atoms with Gasteiger partial charge in [0.25, 0.3) is 0 Å². The van der Waals surface area contributed by atoms with Crippen LogP contribution >= 0.6 is 0 Å². The lowest BCUT2D eigenvalue weighted by Crippen LogP contribution is -2.33. The number of pyridine rings is 1. The zero-order valence-electron chi connectivity index (χ0n) is 14.7. The molecule has 0 N–H and O–H groups in total. The molecule has 2 heterocycles. The molecule has 5 heteroatoms. The molecule has 1 fully saturated rings. The Hall–Kier alpha value is -2.82. The summed E-state index contributed by atoms with van der Waals surface area (Å²) < 4.78 is 15.1. The topological polar surface area (TPSA) is 47.8 Å². The highest BCUT2D eigenvalue weighted by atomic mass is 19.1. The van der Waals surface area contributed by atoms with Crippen molar-refractivity contribution in [1.82, 2.24) is 14.8 Å². The summed E-state index contributed by atoms with van der Waals surface area (Å²) >= 11 is 0. The smallest absolute Gasteiger partial charge is 0.194 e. The highest BCUT2D eigenvalue weighted by Gasteiger charge is 2.44. The Morgan fingerprint density at radius 1 is 1.08 bits per heavy atom. The van der Waals surface area contributed by atoms with Gasteiger partial charge in [-0.2, -0.15) is 5.10 Å². The van der Waals surface area contributed by atoms with Gasteiger partial charge in [-0.15, -0.1) is 0 Å². The second kappa shape index (κ2) is 6.48. The molecule has 1 aromatic carbocycles. The predicted molar refractivity (Wildman–Crippen MR) is 97.3 cm³/mol. The molecule has 2 aromatic heterocycles. The molecule has 1 aliphatic carbocycles. The van der Waals surface area contributed by atoms with Crippen LogP contribution in [0.1, 0.15) is 41.7 Å². The minimum atomic E-state index is -0.621. The van der Waals surface area contributed by atoms with Crippen LogP contribution in [0.4, 0.5) is 4.39 Å². The van der Waals surface area contributed by atoms with Crippen molar-refractivity contribution in [3.8, 4) is 11.1 Å². The fourth-order valence-electron chi connectivity index (χ4n) is 4.02. The van der Waals surface area contributed by atoms with Crippen molar-refractivity contribution in [3.63, 3.8) is 0 Å². The summed E-state index contributed by atoms with van der Waals surface area (Å²) in [6, 6.07) is 10.1. The molecule has 26 heavy (non-hydrogen) atoms. The molecule has 0 spiro atoms. The van der Waals surface area contributed by atoms with Crippen LogP contribution in [0.25, 0.3) is 11.1 Å². The van der Waals surface area contributed by atoms with Crippen molar-refractivity contribution in [3.05, 3.63) is 72.1 Å². The van der Waals surface area contributed by atoms with Crippen molar-refractivity contribution < 1.29 is 9.18 Å². The van der Waals surface area contributed by atoms with E-state index in [1.54, 1.807) is 29.2 Å². The summed E-state index contributed by atoms with van der Waals surface area (Å²) in [6.45, 7) is 0. The normalized spacial score (nSPS) is 15.9. The molecular formula is C21H20FN3O. The molecule has 4 rings (SSSR count). The van der Waals surface area contributed by atoms with Crippen molar-refractivity contribution in [1.29, 1.82) is 0 Å². The predicted octanol–water partition coefficient (Wildman–Crippen LogP) is 4.32. The van der Waals surface area contributed by atoms with E-state index in [9.17, 15) is 9.18 Å². The molecule has 1 saturated carbocycles. The van der Waals surface area contributed by atoms with Gasteiger partial charge in [-0.05, 0) is 48.2 Å². The minimum absolute atomic E-state index is 0.0222. The molecule has 4 nitrogen and oxygen atoms in total. The molecule has 0 saturated heterocycles.